The number of methoxy groups -OCH3 is 1. The van der Waals surface area contributed by atoms with Crippen molar-refractivity contribution >= 4 is 31.9 Å². The molecule has 0 spiro atoms. The molecule has 0 N–H and O–H groups in total. The Morgan fingerprint density at radius 3 is 2.27 bits per heavy atom. The SMILES string of the molecule is COc1c(Br)cc(C(C)(C)C)cc1CBr. The summed E-state index contributed by atoms with van der Waals surface area (Å²) in [4.78, 5) is 0. The van der Waals surface area contributed by atoms with Crippen LogP contribution in [-0.2, 0) is 10.7 Å². The number of alkyl halides is 1. The van der Waals surface area contributed by atoms with Crippen LogP contribution in [-0.4, -0.2) is 7.11 Å². The van der Waals surface area contributed by atoms with Crippen molar-refractivity contribution in [3.05, 3.63) is 27.7 Å². The summed E-state index contributed by atoms with van der Waals surface area (Å²) >= 11 is 7.03. The van der Waals surface area contributed by atoms with E-state index in [1.54, 1.807) is 7.11 Å². The van der Waals surface area contributed by atoms with Gasteiger partial charge in [-0.3, -0.25) is 0 Å². The topological polar surface area (TPSA) is 9.23 Å². The van der Waals surface area contributed by atoms with Crippen molar-refractivity contribution in [2.75, 3.05) is 7.11 Å². The minimum absolute atomic E-state index is 0.158. The Morgan fingerprint density at radius 2 is 1.87 bits per heavy atom. The summed E-state index contributed by atoms with van der Waals surface area (Å²) in [7, 11) is 1.70. The van der Waals surface area contributed by atoms with Crippen LogP contribution in [0.25, 0.3) is 0 Å². The molecule has 15 heavy (non-hydrogen) atoms. The summed E-state index contributed by atoms with van der Waals surface area (Å²) < 4.78 is 6.38. The zero-order valence-corrected chi connectivity index (χ0v) is 12.7. The smallest absolute Gasteiger partial charge is 0.137 e. The summed E-state index contributed by atoms with van der Waals surface area (Å²) in [5.41, 5.74) is 2.65. The molecular weight excluding hydrogens is 320 g/mol. The van der Waals surface area contributed by atoms with Crippen LogP contribution in [0.15, 0.2) is 16.6 Å². The molecule has 0 aliphatic rings. The molecule has 0 saturated carbocycles. The minimum Gasteiger partial charge on any atom is -0.495 e. The van der Waals surface area contributed by atoms with E-state index in [1.807, 2.05) is 0 Å². The molecule has 3 heteroatoms. The van der Waals surface area contributed by atoms with Gasteiger partial charge in [0.25, 0.3) is 0 Å². The van der Waals surface area contributed by atoms with Crippen molar-refractivity contribution in [1.29, 1.82) is 0 Å². The quantitative estimate of drug-likeness (QED) is 0.715. The lowest BCUT2D eigenvalue weighted by Crippen LogP contribution is -2.11. The van der Waals surface area contributed by atoms with Crippen LogP contribution in [0.3, 0.4) is 0 Å². The average Bonchev–Trinajstić information content (AvgIpc) is 2.15. The van der Waals surface area contributed by atoms with Crippen molar-refractivity contribution in [3.8, 4) is 5.75 Å². The van der Waals surface area contributed by atoms with Crippen molar-refractivity contribution in [2.24, 2.45) is 0 Å². The van der Waals surface area contributed by atoms with Gasteiger partial charge in [0.05, 0.1) is 11.6 Å². The van der Waals surface area contributed by atoms with Gasteiger partial charge in [0, 0.05) is 10.9 Å². The molecule has 0 atom stereocenters. The van der Waals surface area contributed by atoms with Gasteiger partial charge in [-0.15, -0.1) is 0 Å². The van der Waals surface area contributed by atoms with Gasteiger partial charge in [0.15, 0.2) is 0 Å². The minimum atomic E-state index is 0.158. The van der Waals surface area contributed by atoms with Gasteiger partial charge in [-0.2, -0.15) is 0 Å². The number of hydrogen-bond acceptors (Lipinski definition) is 1. The van der Waals surface area contributed by atoms with Crippen LogP contribution in [0.1, 0.15) is 31.9 Å². The monoisotopic (exact) mass is 334 g/mol. The molecule has 1 nitrogen and oxygen atoms in total. The largest absolute Gasteiger partial charge is 0.495 e. The molecule has 0 bridgehead atoms. The van der Waals surface area contributed by atoms with E-state index in [0.29, 0.717) is 0 Å². The first-order chi connectivity index (χ1) is 6.90. The van der Waals surface area contributed by atoms with E-state index in [0.717, 1.165) is 15.6 Å². The molecule has 84 valence electrons. The first kappa shape index (κ1) is 13.0. The van der Waals surface area contributed by atoms with Gasteiger partial charge in [0.2, 0.25) is 0 Å². The Balaban J connectivity index is 3.32. The lowest BCUT2D eigenvalue weighted by atomic mass is 9.86. The summed E-state index contributed by atoms with van der Waals surface area (Å²) in [5.74, 6) is 0.917. The van der Waals surface area contributed by atoms with Crippen LogP contribution in [0.4, 0.5) is 0 Å². The predicted molar refractivity (Wildman–Crippen MR) is 72.0 cm³/mol. The van der Waals surface area contributed by atoms with Crippen molar-refractivity contribution in [2.45, 2.75) is 31.5 Å². The Kier molecular flexibility index (Phi) is 4.24. The van der Waals surface area contributed by atoms with Gasteiger partial charge in [-0.25, -0.2) is 0 Å². The molecule has 1 rings (SSSR count). The van der Waals surface area contributed by atoms with Gasteiger partial charge in [-0.1, -0.05) is 42.8 Å². The highest BCUT2D eigenvalue weighted by Crippen LogP contribution is 2.35. The molecule has 1 aromatic rings. The highest BCUT2D eigenvalue weighted by atomic mass is 79.9. The average molecular weight is 336 g/mol. The van der Waals surface area contributed by atoms with Crippen molar-refractivity contribution in [1.82, 2.24) is 0 Å². The lowest BCUT2D eigenvalue weighted by Gasteiger charge is -2.21. The van der Waals surface area contributed by atoms with E-state index in [1.165, 1.54) is 11.1 Å². The van der Waals surface area contributed by atoms with Crippen molar-refractivity contribution < 1.29 is 4.74 Å². The number of rotatable bonds is 2. The third kappa shape index (κ3) is 2.97. The summed E-state index contributed by atoms with van der Waals surface area (Å²) in [5, 5.41) is 0.804. The van der Waals surface area contributed by atoms with Gasteiger partial charge in [-0.05, 0) is 33.0 Å². The van der Waals surface area contributed by atoms with Crippen LogP contribution in [0.2, 0.25) is 0 Å². The van der Waals surface area contributed by atoms with Crippen LogP contribution < -0.4 is 4.74 Å². The van der Waals surface area contributed by atoms with Gasteiger partial charge in [0.1, 0.15) is 5.75 Å². The second-order valence-corrected chi connectivity index (χ2v) is 5.95. The standard InChI is InChI=1S/C12H16Br2O/c1-12(2,3)9-5-8(7-13)11(15-4)10(14)6-9/h5-6H,7H2,1-4H3. The van der Waals surface area contributed by atoms with Gasteiger partial charge < -0.3 is 4.74 Å². The molecule has 0 radical (unpaired) electrons. The zero-order valence-electron chi connectivity index (χ0n) is 9.53. The number of halogens is 2. The first-order valence-corrected chi connectivity index (χ1v) is 6.74. The highest BCUT2D eigenvalue weighted by molar-refractivity contribution is 9.10. The molecule has 0 heterocycles. The van der Waals surface area contributed by atoms with E-state index < -0.39 is 0 Å². The maximum absolute atomic E-state index is 5.36. The first-order valence-electron chi connectivity index (χ1n) is 4.83. The highest BCUT2D eigenvalue weighted by Gasteiger charge is 2.17. The number of hydrogen-bond donors (Lipinski definition) is 0. The third-order valence-electron chi connectivity index (χ3n) is 2.33. The van der Waals surface area contributed by atoms with Crippen LogP contribution in [0.5, 0.6) is 5.75 Å². The molecule has 0 aromatic heterocycles. The maximum atomic E-state index is 5.36. The van der Waals surface area contributed by atoms with E-state index in [2.05, 4.69) is 64.8 Å². The normalized spacial score (nSPS) is 11.6. The maximum Gasteiger partial charge on any atom is 0.137 e. The summed E-state index contributed by atoms with van der Waals surface area (Å²) in [6, 6.07) is 4.32. The Hall–Kier alpha value is -0.0200. The van der Waals surface area contributed by atoms with Gasteiger partial charge >= 0.3 is 0 Å². The van der Waals surface area contributed by atoms with E-state index in [4.69, 9.17) is 4.74 Å². The molecule has 0 fully saturated rings. The second-order valence-electron chi connectivity index (χ2n) is 4.53. The Morgan fingerprint density at radius 1 is 1.27 bits per heavy atom. The fourth-order valence-electron chi connectivity index (χ4n) is 1.41. The third-order valence-corrected chi connectivity index (χ3v) is 3.53. The summed E-state index contributed by atoms with van der Waals surface area (Å²) in [6.45, 7) is 6.62. The predicted octanol–water partition coefficient (Wildman–Crippen LogP) is 4.65. The molecule has 0 aliphatic carbocycles. The van der Waals surface area contributed by atoms with Crippen LogP contribution >= 0.6 is 31.9 Å². The molecule has 0 amide bonds. The second kappa shape index (κ2) is 4.88. The molecule has 1 aromatic carbocycles. The fourth-order valence-corrected chi connectivity index (χ4v) is 2.49. The lowest BCUT2D eigenvalue weighted by molar-refractivity contribution is 0.408. The van der Waals surface area contributed by atoms with Crippen LogP contribution in [0, 0.1) is 0 Å². The van der Waals surface area contributed by atoms with Crippen molar-refractivity contribution in [3.63, 3.8) is 0 Å². The number of ether oxygens (including phenoxy) is 1. The van der Waals surface area contributed by atoms with E-state index >= 15 is 0 Å². The van der Waals surface area contributed by atoms with E-state index in [9.17, 15) is 0 Å². The molecule has 0 aliphatic heterocycles. The number of benzene rings is 1. The summed E-state index contributed by atoms with van der Waals surface area (Å²) in [6.07, 6.45) is 0. The fraction of sp³-hybridized carbons (Fsp3) is 0.500. The zero-order chi connectivity index (χ0) is 11.6. The van der Waals surface area contributed by atoms with E-state index in [-0.39, 0.29) is 5.41 Å². The Bertz CT molecular complexity index is 353. The Labute approximate surface area is 108 Å². The molecule has 0 saturated heterocycles. The molecular formula is C12H16Br2O. The molecule has 0 unspecified atom stereocenters.